The number of rotatable bonds is 4. The smallest absolute Gasteiger partial charge is 0.259 e. The molecule has 6 heteroatoms. The zero-order chi connectivity index (χ0) is 20.5. The quantitative estimate of drug-likeness (QED) is 0.556. The minimum atomic E-state index is -0.0878. The summed E-state index contributed by atoms with van der Waals surface area (Å²) in [5.74, 6) is 1.41. The molecule has 0 unspecified atom stereocenters. The molecule has 1 N–H and O–H groups in total. The number of carbonyl (C=O) groups excluding carboxylic acids is 1. The van der Waals surface area contributed by atoms with Crippen molar-refractivity contribution in [2.45, 2.75) is 32.6 Å². The molecule has 2 aliphatic rings. The van der Waals surface area contributed by atoms with Crippen LogP contribution < -0.4 is 14.8 Å². The second-order valence-electron chi connectivity index (χ2n) is 7.53. The topological polar surface area (TPSA) is 59.9 Å². The lowest BCUT2D eigenvalue weighted by Gasteiger charge is -2.12. The van der Waals surface area contributed by atoms with Gasteiger partial charge in [-0.05, 0) is 73.6 Å². The predicted octanol–water partition coefficient (Wildman–Crippen LogP) is 5.67. The van der Waals surface area contributed by atoms with Gasteiger partial charge in [0.1, 0.15) is 5.00 Å². The number of anilines is 1. The Morgan fingerprint density at radius 1 is 1.10 bits per heavy atom. The number of aryl methyl sites for hydroxylation is 2. The minimum Gasteiger partial charge on any atom is -0.454 e. The van der Waals surface area contributed by atoms with Gasteiger partial charge < -0.3 is 14.8 Å². The number of thiophene rings is 1. The number of amides is 1. The third-order valence-corrected chi connectivity index (χ3v) is 6.69. The normalized spacial score (nSPS) is 14.7. The van der Waals surface area contributed by atoms with Gasteiger partial charge in [0.2, 0.25) is 6.79 Å². The molecule has 1 aromatic heterocycles. The molecule has 5 rings (SSSR count). The summed E-state index contributed by atoms with van der Waals surface area (Å²) in [6.45, 7) is 2.27. The standard InChI is InChI=1S/C24H22N2O3S/c1-15-11-19-20(29-14-28-19)12-16(15)13-25-24-22(18-9-5-6-10-21(18)30-24)23(27)26-17-7-3-2-4-8-17/h2-4,7-8,11-13H,5-6,9-10,14H2,1H3,(H,26,27). The van der Waals surface area contributed by atoms with Gasteiger partial charge in [-0.2, -0.15) is 0 Å². The van der Waals surface area contributed by atoms with Gasteiger partial charge in [0.25, 0.3) is 5.91 Å². The van der Waals surface area contributed by atoms with Crippen molar-refractivity contribution in [2.24, 2.45) is 4.99 Å². The molecular formula is C24H22N2O3S. The van der Waals surface area contributed by atoms with Gasteiger partial charge in [0.05, 0.1) is 5.56 Å². The first-order valence-electron chi connectivity index (χ1n) is 10.1. The largest absolute Gasteiger partial charge is 0.454 e. The van der Waals surface area contributed by atoms with E-state index in [0.717, 1.165) is 64.6 Å². The van der Waals surface area contributed by atoms with Crippen LogP contribution in [0.2, 0.25) is 0 Å². The van der Waals surface area contributed by atoms with E-state index in [2.05, 4.69) is 5.32 Å². The first kappa shape index (κ1) is 18.9. The second-order valence-corrected chi connectivity index (χ2v) is 8.62. The van der Waals surface area contributed by atoms with Crippen LogP contribution in [0, 0.1) is 6.92 Å². The Morgan fingerprint density at radius 2 is 1.87 bits per heavy atom. The van der Waals surface area contributed by atoms with Gasteiger partial charge in [-0.15, -0.1) is 11.3 Å². The monoisotopic (exact) mass is 418 g/mol. The predicted molar refractivity (Wildman–Crippen MR) is 120 cm³/mol. The summed E-state index contributed by atoms with van der Waals surface area (Å²) in [5, 5.41) is 3.81. The first-order valence-corrected chi connectivity index (χ1v) is 11.0. The number of nitrogens with one attached hydrogen (secondary N) is 1. The number of nitrogens with zero attached hydrogens (tertiary/aromatic N) is 1. The van der Waals surface area contributed by atoms with E-state index >= 15 is 0 Å². The summed E-state index contributed by atoms with van der Waals surface area (Å²) in [4.78, 5) is 19.2. The van der Waals surface area contributed by atoms with Crippen LogP contribution >= 0.6 is 11.3 Å². The zero-order valence-corrected chi connectivity index (χ0v) is 17.6. The van der Waals surface area contributed by atoms with E-state index in [9.17, 15) is 4.79 Å². The van der Waals surface area contributed by atoms with Crippen LogP contribution in [0.4, 0.5) is 10.7 Å². The number of ether oxygens (including phenoxy) is 2. The molecule has 0 saturated heterocycles. The molecule has 0 bridgehead atoms. The van der Waals surface area contributed by atoms with Crippen molar-refractivity contribution >= 4 is 34.1 Å². The van der Waals surface area contributed by atoms with Crippen LogP contribution in [0.1, 0.15) is 44.8 Å². The van der Waals surface area contributed by atoms with E-state index in [1.807, 2.05) is 55.6 Å². The van der Waals surface area contributed by atoms with E-state index in [1.54, 1.807) is 11.3 Å². The first-order chi connectivity index (χ1) is 14.7. The van der Waals surface area contributed by atoms with Crippen LogP contribution in [-0.4, -0.2) is 18.9 Å². The van der Waals surface area contributed by atoms with Crippen LogP contribution in [0.5, 0.6) is 11.5 Å². The summed E-state index contributed by atoms with van der Waals surface area (Å²) in [7, 11) is 0. The van der Waals surface area contributed by atoms with Gasteiger partial charge in [-0.3, -0.25) is 4.79 Å². The Labute approximate surface area is 179 Å². The van der Waals surface area contributed by atoms with Crippen molar-refractivity contribution < 1.29 is 14.3 Å². The fourth-order valence-electron chi connectivity index (χ4n) is 3.92. The Hall–Kier alpha value is -3.12. The Morgan fingerprint density at radius 3 is 2.70 bits per heavy atom. The number of carbonyl (C=O) groups is 1. The van der Waals surface area contributed by atoms with Crippen molar-refractivity contribution in [3.05, 3.63) is 69.6 Å². The molecule has 5 nitrogen and oxygen atoms in total. The lowest BCUT2D eigenvalue weighted by molar-refractivity contribution is 0.102. The Bertz CT molecular complexity index is 1140. The van der Waals surface area contributed by atoms with Crippen LogP contribution in [0.15, 0.2) is 47.5 Å². The lowest BCUT2D eigenvalue weighted by Crippen LogP contribution is -2.14. The molecule has 2 heterocycles. The SMILES string of the molecule is Cc1cc2c(cc1C=Nc1sc3c(c1C(=O)Nc1ccccc1)CCCC3)OCO2. The molecule has 0 spiro atoms. The highest BCUT2D eigenvalue weighted by atomic mass is 32.1. The third kappa shape index (κ3) is 3.59. The maximum absolute atomic E-state index is 13.2. The van der Waals surface area contributed by atoms with E-state index in [0.29, 0.717) is 5.56 Å². The van der Waals surface area contributed by atoms with Crippen molar-refractivity contribution in [3.8, 4) is 11.5 Å². The maximum Gasteiger partial charge on any atom is 0.259 e. The van der Waals surface area contributed by atoms with Crippen molar-refractivity contribution in [1.82, 2.24) is 0 Å². The van der Waals surface area contributed by atoms with Gasteiger partial charge >= 0.3 is 0 Å². The maximum atomic E-state index is 13.2. The molecule has 3 aromatic rings. The number of hydrogen-bond donors (Lipinski definition) is 1. The number of aliphatic imine (C=N–C) groups is 1. The number of hydrogen-bond acceptors (Lipinski definition) is 5. The molecule has 1 aliphatic carbocycles. The highest BCUT2D eigenvalue weighted by molar-refractivity contribution is 7.16. The van der Waals surface area contributed by atoms with E-state index in [-0.39, 0.29) is 12.7 Å². The molecule has 152 valence electrons. The molecule has 0 saturated carbocycles. The van der Waals surface area contributed by atoms with Gasteiger partial charge in [-0.25, -0.2) is 4.99 Å². The van der Waals surface area contributed by atoms with E-state index in [1.165, 1.54) is 4.88 Å². The molecule has 2 aromatic carbocycles. The highest BCUT2D eigenvalue weighted by Gasteiger charge is 2.25. The molecule has 0 fully saturated rings. The van der Waals surface area contributed by atoms with Gasteiger partial charge in [0, 0.05) is 16.8 Å². The number of benzene rings is 2. The number of fused-ring (bicyclic) bond motifs is 2. The zero-order valence-electron chi connectivity index (χ0n) is 16.7. The molecule has 1 aliphatic heterocycles. The molecule has 1 amide bonds. The summed E-state index contributed by atoms with van der Waals surface area (Å²) in [6, 6.07) is 13.5. The van der Waals surface area contributed by atoms with Crippen LogP contribution in [-0.2, 0) is 12.8 Å². The van der Waals surface area contributed by atoms with E-state index in [4.69, 9.17) is 14.5 Å². The Balaban J connectivity index is 1.50. The van der Waals surface area contributed by atoms with Crippen LogP contribution in [0.3, 0.4) is 0 Å². The fraction of sp³-hybridized carbons (Fsp3) is 0.250. The molecule has 0 atom stereocenters. The van der Waals surface area contributed by atoms with Gasteiger partial charge in [0.15, 0.2) is 11.5 Å². The number of para-hydroxylation sites is 1. The lowest BCUT2D eigenvalue weighted by atomic mass is 9.95. The average Bonchev–Trinajstić information content (AvgIpc) is 3.36. The third-order valence-electron chi connectivity index (χ3n) is 5.49. The molecular weight excluding hydrogens is 396 g/mol. The van der Waals surface area contributed by atoms with Crippen molar-refractivity contribution in [2.75, 3.05) is 12.1 Å². The average molecular weight is 419 g/mol. The van der Waals surface area contributed by atoms with Crippen LogP contribution in [0.25, 0.3) is 0 Å². The highest BCUT2D eigenvalue weighted by Crippen LogP contribution is 2.40. The molecule has 30 heavy (non-hydrogen) atoms. The minimum absolute atomic E-state index is 0.0878. The Kier molecular flexibility index (Phi) is 5.01. The molecule has 0 radical (unpaired) electrons. The summed E-state index contributed by atoms with van der Waals surface area (Å²) in [6.07, 6.45) is 6.05. The second kappa shape index (κ2) is 7.95. The summed E-state index contributed by atoms with van der Waals surface area (Å²) < 4.78 is 10.9. The summed E-state index contributed by atoms with van der Waals surface area (Å²) in [5.41, 5.74) is 4.68. The van der Waals surface area contributed by atoms with Crippen molar-refractivity contribution in [3.63, 3.8) is 0 Å². The fourth-order valence-corrected chi connectivity index (χ4v) is 5.15. The van der Waals surface area contributed by atoms with Gasteiger partial charge in [-0.1, -0.05) is 18.2 Å². The van der Waals surface area contributed by atoms with E-state index < -0.39 is 0 Å². The summed E-state index contributed by atoms with van der Waals surface area (Å²) >= 11 is 1.64. The van der Waals surface area contributed by atoms with Crippen molar-refractivity contribution in [1.29, 1.82) is 0 Å².